The van der Waals surface area contributed by atoms with E-state index in [1.165, 1.54) is 25.7 Å². The van der Waals surface area contributed by atoms with Crippen LogP contribution in [0.15, 0.2) is 0 Å². The first-order valence-corrected chi connectivity index (χ1v) is 7.42. The summed E-state index contributed by atoms with van der Waals surface area (Å²) < 4.78 is 11.9. The molecule has 0 aromatic carbocycles. The van der Waals surface area contributed by atoms with E-state index in [9.17, 15) is 0 Å². The Balaban J connectivity index is 1.74. The van der Waals surface area contributed by atoms with Crippen LogP contribution in [0, 0.1) is 0 Å². The maximum absolute atomic E-state index is 6.28. The molecule has 4 heteroatoms. The van der Waals surface area contributed by atoms with Crippen molar-refractivity contribution in [1.82, 2.24) is 10.2 Å². The molecule has 0 aliphatic carbocycles. The van der Waals surface area contributed by atoms with Crippen molar-refractivity contribution in [2.24, 2.45) is 0 Å². The summed E-state index contributed by atoms with van der Waals surface area (Å²) in [5.74, 6) is 0. The van der Waals surface area contributed by atoms with Crippen molar-refractivity contribution >= 4 is 0 Å². The van der Waals surface area contributed by atoms with Gasteiger partial charge in [-0.25, -0.2) is 0 Å². The highest BCUT2D eigenvalue weighted by atomic mass is 16.5. The van der Waals surface area contributed by atoms with Crippen molar-refractivity contribution in [3.63, 3.8) is 0 Å². The Morgan fingerprint density at radius 3 is 2.72 bits per heavy atom. The highest BCUT2D eigenvalue weighted by Crippen LogP contribution is 2.44. The number of hydrogen-bond donors (Lipinski definition) is 1. The average molecular weight is 254 g/mol. The summed E-state index contributed by atoms with van der Waals surface area (Å²) in [6, 6.07) is 1.81. The molecule has 4 nitrogen and oxygen atoms in total. The molecule has 104 valence electrons. The van der Waals surface area contributed by atoms with Crippen LogP contribution in [-0.4, -0.2) is 62.0 Å². The van der Waals surface area contributed by atoms with Gasteiger partial charge in [0.15, 0.2) is 0 Å². The molecule has 1 N–H and O–H groups in total. The van der Waals surface area contributed by atoms with Crippen LogP contribution in [0.4, 0.5) is 0 Å². The molecule has 1 spiro atoms. The fourth-order valence-electron chi connectivity index (χ4n) is 4.09. The van der Waals surface area contributed by atoms with Crippen molar-refractivity contribution < 1.29 is 9.47 Å². The molecular weight excluding hydrogens is 228 g/mol. The number of nitrogens with one attached hydrogen (secondary N) is 1. The van der Waals surface area contributed by atoms with Crippen LogP contribution < -0.4 is 5.32 Å². The molecule has 3 atom stereocenters. The Hall–Kier alpha value is -0.160. The Morgan fingerprint density at radius 1 is 1.33 bits per heavy atom. The number of nitrogens with zero attached hydrogens (tertiary/aromatic N) is 1. The van der Waals surface area contributed by atoms with Crippen molar-refractivity contribution in [2.45, 2.75) is 56.3 Å². The van der Waals surface area contributed by atoms with Crippen LogP contribution >= 0.6 is 0 Å². The first kappa shape index (κ1) is 12.9. The van der Waals surface area contributed by atoms with Gasteiger partial charge in [0.2, 0.25) is 0 Å². The third-order valence-corrected chi connectivity index (χ3v) is 5.15. The number of hydrogen-bond acceptors (Lipinski definition) is 4. The van der Waals surface area contributed by atoms with Crippen LogP contribution in [0.5, 0.6) is 0 Å². The summed E-state index contributed by atoms with van der Waals surface area (Å²) in [4.78, 5) is 2.57. The molecule has 18 heavy (non-hydrogen) atoms. The predicted octanol–water partition coefficient (Wildman–Crippen LogP) is 1.01. The van der Waals surface area contributed by atoms with Gasteiger partial charge < -0.3 is 19.7 Å². The summed E-state index contributed by atoms with van der Waals surface area (Å²) in [7, 11) is 2.28. The summed E-state index contributed by atoms with van der Waals surface area (Å²) in [6.45, 7) is 5.46. The second kappa shape index (κ2) is 5.08. The van der Waals surface area contributed by atoms with Gasteiger partial charge in [0.1, 0.15) is 0 Å². The average Bonchev–Trinajstić information content (AvgIpc) is 2.62. The number of morpholine rings is 1. The van der Waals surface area contributed by atoms with Gasteiger partial charge in [0, 0.05) is 25.2 Å². The molecule has 0 aromatic rings. The zero-order chi connectivity index (χ0) is 12.6. The van der Waals surface area contributed by atoms with Crippen molar-refractivity contribution in [1.29, 1.82) is 0 Å². The lowest BCUT2D eigenvalue weighted by molar-refractivity contribution is -0.151. The van der Waals surface area contributed by atoms with Crippen LogP contribution in [0.2, 0.25) is 0 Å². The molecule has 3 fully saturated rings. The second-order valence-electron chi connectivity index (χ2n) is 6.04. The van der Waals surface area contributed by atoms with E-state index in [1.807, 2.05) is 0 Å². The first-order valence-electron chi connectivity index (χ1n) is 7.42. The molecule has 3 unspecified atom stereocenters. The van der Waals surface area contributed by atoms with Gasteiger partial charge >= 0.3 is 0 Å². The molecule has 2 bridgehead atoms. The van der Waals surface area contributed by atoms with E-state index in [0.29, 0.717) is 18.1 Å². The standard InChI is InChI=1S/C14H26N2O2/c1-3-17-10-13-14(18-7-6-15-13)8-11-4-5-12(9-14)16(11)2/h11-13,15H,3-10H2,1-2H3. The van der Waals surface area contributed by atoms with E-state index in [-0.39, 0.29) is 5.60 Å². The van der Waals surface area contributed by atoms with Crippen molar-refractivity contribution in [3.8, 4) is 0 Å². The van der Waals surface area contributed by atoms with Crippen molar-refractivity contribution in [3.05, 3.63) is 0 Å². The van der Waals surface area contributed by atoms with Gasteiger partial charge in [0.25, 0.3) is 0 Å². The number of piperidine rings is 1. The van der Waals surface area contributed by atoms with E-state index in [0.717, 1.165) is 26.4 Å². The van der Waals surface area contributed by atoms with Crippen LogP contribution in [0.1, 0.15) is 32.6 Å². The Morgan fingerprint density at radius 2 is 2.06 bits per heavy atom. The van der Waals surface area contributed by atoms with Gasteiger partial charge in [-0.3, -0.25) is 0 Å². The van der Waals surface area contributed by atoms with E-state index in [1.54, 1.807) is 0 Å². The second-order valence-corrected chi connectivity index (χ2v) is 6.04. The van der Waals surface area contributed by atoms with Gasteiger partial charge in [0.05, 0.1) is 24.9 Å². The van der Waals surface area contributed by atoms with Crippen LogP contribution in [0.25, 0.3) is 0 Å². The highest BCUT2D eigenvalue weighted by molar-refractivity contribution is 5.08. The lowest BCUT2D eigenvalue weighted by Crippen LogP contribution is -2.65. The first-order chi connectivity index (χ1) is 8.75. The Kier molecular flexibility index (Phi) is 3.63. The lowest BCUT2D eigenvalue weighted by Gasteiger charge is -2.51. The largest absolute Gasteiger partial charge is 0.380 e. The zero-order valence-corrected chi connectivity index (χ0v) is 11.7. The molecule has 0 saturated carbocycles. The molecule has 3 heterocycles. The highest BCUT2D eigenvalue weighted by Gasteiger charge is 2.52. The van der Waals surface area contributed by atoms with E-state index < -0.39 is 0 Å². The third-order valence-electron chi connectivity index (χ3n) is 5.15. The molecule has 0 amide bonds. The summed E-state index contributed by atoms with van der Waals surface area (Å²) in [5, 5.41) is 3.63. The molecular formula is C14H26N2O2. The minimum atomic E-state index is 0.0335. The summed E-state index contributed by atoms with van der Waals surface area (Å²) in [5.41, 5.74) is 0.0335. The topological polar surface area (TPSA) is 33.7 Å². The van der Waals surface area contributed by atoms with Gasteiger partial charge in [-0.05, 0) is 39.7 Å². The molecule has 3 saturated heterocycles. The van der Waals surface area contributed by atoms with E-state index >= 15 is 0 Å². The molecule has 0 aromatic heterocycles. The third kappa shape index (κ3) is 2.09. The van der Waals surface area contributed by atoms with E-state index in [2.05, 4.69) is 24.2 Å². The molecule has 0 radical (unpaired) electrons. The number of rotatable bonds is 3. The SMILES string of the molecule is CCOCC1NCCOC12CC1CCC(C2)N1C. The number of ether oxygens (including phenoxy) is 2. The molecule has 3 aliphatic heterocycles. The normalized spacial score (nSPS) is 44.7. The molecule has 3 aliphatic rings. The van der Waals surface area contributed by atoms with Gasteiger partial charge in [-0.1, -0.05) is 0 Å². The predicted molar refractivity (Wildman–Crippen MR) is 70.8 cm³/mol. The quantitative estimate of drug-likeness (QED) is 0.815. The monoisotopic (exact) mass is 254 g/mol. The maximum atomic E-state index is 6.28. The zero-order valence-electron chi connectivity index (χ0n) is 11.7. The summed E-state index contributed by atoms with van der Waals surface area (Å²) >= 11 is 0. The lowest BCUT2D eigenvalue weighted by atomic mass is 9.79. The maximum Gasteiger partial charge on any atom is 0.0887 e. The Bertz CT molecular complexity index is 284. The smallest absolute Gasteiger partial charge is 0.0887 e. The van der Waals surface area contributed by atoms with Gasteiger partial charge in [-0.15, -0.1) is 0 Å². The number of fused-ring (bicyclic) bond motifs is 2. The fourth-order valence-corrected chi connectivity index (χ4v) is 4.09. The fraction of sp³-hybridized carbons (Fsp3) is 1.00. The van der Waals surface area contributed by atoms with Gasteiger partial charge in [-0.2, -0.15) is 0 Å². The molecule has 3 rings (SSSR count). The minimum Gasteiger partial charge on any atom is -0.380 e. The van der Waals surface area contributed by atoms with Crippen molar-refractivity contribution in [2.75, 3.05) is 33.4 Å². The van der Waals surface area contributed by atoms with Crippen LogP contribution in [0.3, 0.4) is 0 Å². The van der Waals surface area contributed by atoms with E-state index in [4.69, 9.17) is 9.47 Å². The van der Waals surface area contributed by atoms with Crippen LogP contribution in [-0.2, 0) is 9.47 Å². The summed E-state index contributed by atoms with van der Waals surface area (Å²) in [6.07, 6.45) is 5.02. The minimum absolute atomic E-state index is 0.0335. The Labute approximate surface area is 110 Å².